The fraction of sp³-hybridized carbons (Fsp3) is 0.467. The zero-order valence-electron chi connectivity index (χ0n) is 11.8. The van der Waals surface area contributed by atoms with Crippen molar-refractivity contribution in [2.75, 3.05) is 6.54 Å². The van der Waals surface area contributed by atoms with E-state index in [0.29, 0.717) is 17.4 Å². The van der Waals surface area contributed by atoms with E-state index in [1.54, 1.807) is 18.2 Å². The van der Waals surface area contributed by atoms with Crippen LogP contribution in [-0.2, 0) is 10.0 Å². The summed E-state index contributed by atoms with van der Waals surface area (Å²) in [5.41, 5.74) is 6.99. The second-order valence-corrected chi connectivity index (χ2v) is 6.94. The second kappa shape index (κ2) is 5.96. The quantitative estimate of drug-likeness (QED) is 0.824. The molecule has 0 aromatic heterocycles. The minimum atomic E-state index is -3.45. The van der Waals surface area contributed by atoms with Gasteiger partial charge in [-0.05, 0) is 56.4 Å². The normalized spacial score (nSPS) is 16.4. The predicted molar refractivity (Wildman–Crippen MR) is 79.6 cm³/mol. The van der Waals surface area contributed by atoms with Crippen LogP contribution in [0, 0.1) is 24.7 Å². The summed E-state index contributed by atoms with van der Waals surface area (Å²) < 4.78 is 27.3. The van der Waals surface area contributed by atoms with Crippen LogP contribution in [0.15, 0.2) is 23.1 Å². The van der Waals surface area contributed by atoms with Gasteiger partial charge in [0.2, 0.25) is 10.0 Å². The van der Waals surface area contributed by atoms with Gasteiger partial charge < -0.3 is 5.73 Å². The van der Waals surface area contributed by atoms with Crippen LogP contribution in [0.1, 0.15) is 30.9 Å². The molecule has 3 N–H and O–H groups in total. The summed E-state index contributed by atoms with van der Waals surface area (Å²) in [6.45, 7) is 4.06. The summed E-state index contributed by atoms with van der Waals surface area (Å²) in [5, 5.41) is 0. The standard InChI is InChI=1S/C15H20N2O2S/c1-11-10-15(8-7-13(11)4-3-9-16)20(18,19)17-12(2)14-5-6-14/h7-8,10,12,14,17H,5-6,9,16H2,1-2H3. The molecule has 1 aliphatic carbocycles. The zero-order valence-corrected chi connectivity index (χ0v) is 12.6. The van der Waals surface area contributed by atoms with Gasteiger partial charge in [-0.2, -0.15) is 0 Å². The SMILES string of the molecule is Cc1cc(S(=O)(=O)NC(C)C2CC2)ccc1C#CCN. The second-order valence-electron chi connectivity index (χ2n) is 5.23. The molecule has 5 heteroatoms. The van der Waals surface area contributed by atoms with Crippen molar-refractivity contribution in [2.24, 2.45) is 11.7 Å². The van der Waals surface area contributed by atoms with Crippen molar-refractivity contribution in [3.8, 4) is 11.8 Å². The van der Waals surface area contributed by atoms with E-state index in [9.17, 15) is 8.42 Å². The van der Waals surface area contributed by atoms with Crippen LogP contribution in [-0.4, -0.2) is 21.0 Å². The highest BCUT2D eigenvalue weighted by atomic mass is 32.2. The van der Waals surface area contributed by atoms with E-state index in [4.69, 9.17) is 5.73 Å². The van der Waals surface area contributed by atoms with Crippen molar-refractivity contribution in [1.82, 2.24) is 4.72 Å². The maximum Gasteiger partial charge on any atom is 0.240 e. The van der Waals surface area contributed by atoms with E-state index in [1.807, 2.05) is 13.8 Å². The van der Waals surface area contributed by atoms with Crippen molar-refractivity contribution < 1.29 is 8.42 Å². The van der Waals surface area contributed by atoms with Gasteiger partial charge in [0.05, 0.1) is 11.4 Å². The fourth-order valence-corrected chi connectivity index (χ4v) is 3.49. The first-order valence-corrected chi connectivity index (χ1v) is 8.24. The zero-order chi connectivity index (χ0) is 14.8. The molecule has 1 unspecified atom stereocenters. The van der Waals surface area contributed by atoms with Crippen LogP contribution in [0.4, 0.5) is 0 Å². The van der Waals surface area contributed by atoms with Crippen LogP contribution >= 0.6 is 0 Å². The highest BCUT2D eigenvalue weighted by Gasteiger charge is 2.31. The average molecular weight is 292 g/mol. The first-order valence-electron chi connectivity index (χ1n) is 6.76. The predicted octanol–water partition coefficient (Wildman–Crippen LogP) is 1.38. The van der Waals surface area contributed by atoms with Gasteiger partial charge in [-0.1, -0.05) is 11.8 Å². The van der Waals surface area contributed by atoms with Gasteiger partial charge in [0, 0.05) is 11.6 Å². The fourth-order valence-electron chi connectivity index (χ4n) is 2.10. The number of nitrogens with two attached hydrogens (primary N) is 1. The van der Waals surface area contributed by atoms with Crippen molar-refractivity contribution >= 4 is 10.0 Å². The Labute approximate surface area is 120 Å². The Morgan fingerprint density at radius 3 is 2.70 bits per heavy atom. The maximum absolute atomic E-state index is 12.3. The van der Waals surface area contributed by atoms with Gasteiger partial charge in [0.25, 0.3) is 0 Å². The van der Waals surface area contributed by atoms with Crippen molar-refractivity contribution in [3.05, 3.63) is 29.3 Å². The lowest BCUT2D eigenvalue weighted by molar-refractivity contribution is 0.538. The van der Waals surface area contributed by atoms with E-state index < -0.39 is 10.0 Å². The average Bonchev–Trinajstić information content (AvgIpc) is 3.21. The minimum Gasteiger partial charge on any atom is -0.320 e. The molecule has 4 nitrogen and oxygen atoms in total. The number of sulfonamides is 1. The third-order valence-corrected chi connectivity index (χ3v) is 5.06. The molecule has 0 aliphatic heterocycles. The molecule has 0 spiro atoms. The summed E-state index contributed by atoms with van der Waals surface area (Å²) in [5.74, 6) is 6.19. The summed E-state index contributed by atoms with van der Waals surface area (Å²) >= 11 is 0. The van der Waals surface area contributed by atoms with Crippen LogP contribution in [0.2, 0.25) is 0 Å². The Balaban J connectivity index is 2.21. The number of nitrogens with one attached hydrogen (secondary N) is 1. The lowest BCUT2D eigenvalue weighted by Crippen LogP contribution is -2.34. The Morgan fingerprint density at radius 1 is 1.45 bits per heavy atom. The lowest BCUT2D eigenvalue weighted by atomic mass is 10.1. The molecule has 1 aliphatic rings. The Hall–Kier alpha value is -1.35. The minimum absolute atomic E-state index is 0.00276. The van der Waals surface area contributed by atoms with Gasteiger partial charge in [0.15, 0.2) is 0 Å². The lowest BCUT2D eigenvalue weighted by Gasteiger charge is -2.14. The van der Waals surface area contributed by atoms with Gasteiger partial charge in [-0.25, -0.2) is 13.1 Å². The largest absolute Gasteiger partial charge is 0.320 e. The van der Waals surface area contributed by atoms with Crippen LogP contribution in [0.25, 0.3) is 0 Å². The van der Waals surface area contributed by atoms with Gasteiger partial charge in [-0.15, -0.1) is 0 Å². The molecule has 1 atom stereocenters. The first kappa shape index (κ1) is 15.0. The molecule has 0 amide bonds. The summed E-state index contributed by atoms with van der Waals surface area (Å²) in [6.07, 6.45) is 2.21. The number of aryl methyl sites for hydroxylation is 1. The highest BCUT2D eigenvalue weighted by molar-refractivity contribution is 7.89. The molecule has 1 aromatic rings. The van der Waals surface area contributed by atoms with Crippen molar-refractivity contribution in [2.45, 2.75) is 37.6 Å². The molecule has 1 fully saturated rings. The van der Waals surface area contributed by atoms with Crippen LogP contribution < -0.4 is 10.5 Å². The molecular weight excluding hydrogens is 272 g/mol. The molecule has 20 heavy (non-hydrogen) atoms. The van der Waals surface area contributed by atoms with Gasteiger partial charge >= 0.3 is 0 Å². The third kappa shape index (κ3) is 3.60. The molecule has 1 saturated carbocycles. The van der Waals surface area contributed by atoms with E-state index in [1.165, 1.54) is 0 Å². The molecule has 0 heterocycles. The topological polar surface area (TPSA) is 72.2 Å². The number of hydrogen-bond donors (Lipinski definition) is 2. The van der Waals surface area contributed by atoms with Gasteiger partial charge in [0.1, 0.15) is 0 Å². The third-order valence-electron chi connectivity index (χ3n) is 3.50. The maximum atomic E-state index is 12.3. The Morgan fingerprint density at radius 2 is 2.15 bits per heavy atom. The molecule has 0 saturated heterocycles. The smallest absolute Gasteiger partial charge is 0.240 e. The summed E-state index contributed by atoms with van der Waals surface area (Å²) in [4.78, 5) is 0.292. The Bertz CT molecular complexity index is 652. The van der Waals surface area contributed by atoms with Crippen molar-refractivity contribution in [1.29, 1.82) is 0 Å². The van der Waals surface area contributed by atoms with E-state index in [0.717, 1.165) is 24.0 Å². The van der Waals surface area contributed by atoms with Crippen LogP contribution in [0.3, 0.4) is 0 Å². The first-order chi connectivity index (χ1) is 9.44. The van der Waals surface area contributed by atoms with E-state index >= 15 is 0 Å². The van der Waals surface area contributed by atoms with Crippen LogP contribution in [0.5, 0.6) is 0 Å². The Kier molecular flexibility index (Phi) is 4.48. The highest BCUT2D eigenvalue weighted by Crippen LogP contribution is 2.33. The molecule has 0 radical (unpaired) electrons. The molecule has 108 valence electrons. The molecule has 1 aromatic carbocycles. The summed E-state index contributed by atoms with van der Waals surface area (Å²) in [7, 11) is -3.45. The number of hydrogen-bond acceptors (Lipinski definition) is 3. The molecular formula is C15H20N2O2S. The molecule has 0 bridgehead atoms. The number of benzene rings is 1. The van der Waals surface area contributed by atoms with Crippen molar-refractivity contribution in [3.63, 3.8) is 0 Å². The van der Waals surface area contributed by atoms with E-state index in [2.05, 4.69) is 16.6 Å². The molecule has 2 rings (SSSR count). The van der Waals surface area contributed by atoms with E-state index in [-0.39, 0.29) is 6.04 Å². The monoisotopic (exact) mass is 292 g/mol. The number of rotatable bonds is 4. The van der Waals surface area contributed by atoms with Gasteiger partial charge in [-0.3, -0.25) is 0 Å². The summed E-state index contributed by atoms with van der Waals surface area (Å²) in [6, 6.07) is 4.98.